The molecule has 1 nitrogen and oxygen atoms in total. The van der Waals surface area contributed by atoms with Crippen molar-refractivity contribution in [1.29, 1.82) is 0 Å². The SMILES string of the molecule is CNC(c1ccc(C(C)(C)C)cc1)c1c(C)cccc1C. The molecule has 0 radical (unpaired) electrons. The van der Waals surface area contributed by atoms with E-state index in [9.17, 15) is 0 Å². The lowest BCUT2D eigenvalue weighted by molar-refractivity contribution is 0.589. The summed E-state index contributed by atoms with van der Waals surface area (Å²) < 4.78 is 0. The maximum Gasteiger partial charge on any atom is 0.0579 e. The van der Waals surface area contributed by atoms with Crippen molar-refractivity contribution in [2.24, 2.45) is 0 Å². The van der Waals surface area contributed by atoms with Gasteiger partial charge in [-0.1, -0.05) is 63.2 Å². The predicted molar refractivity (Wildman–Crippen MR) is 92.0 cm³/mol. The zero-order valence-electron chi connectivity index (χ0n) is 14.1. The Bertz CT molecular complexity index is 582. The Morgan fingerprint density at radius 3 is 1.81 bits per heavy atom. The van der Waals surface area contributed by atoms with Crippen LogP contribution in [-0.4, -0.2) is 7.05 Å². The van der Waals surface area contributed by atoms with E-state index in [4.69, 9.17) is 0 Å². The van der Waals surface area contributed by atoms with Crippen molar-refractivity contribution >= 4 is 0 Å². The van der Waals surface area contributed by atoms with Crippen LogP contribution in [0.15, 0.2) is 42.5 Å². The van der Waals surface area contributed by atoms with Gasteiger partial charge in [0.25, 0.3) is 0 Å². The highest BCUT2D eigenvalue weighted by molar-refractivity contribution is 5.42. The number of hydrogen-bond acceptors (Lipinski definition) is 1. The third kappa shape index (κ3) is 3.36. The van der Waals surface area contributed by atoms with E-state index in [1.807, 2.05) is 7.05 Å². The number of aryl methyl sites for hydroxylation is 2. The molecular weight excluding hydrogens is 254 g/mol. The minimum absolute atomic E-state index is 0.201. The maximum absolute atomic E-state index is 3.47. The van der Waals surface area contributed by atoms with E-state index in [2.05, 4.69) is 82.4 Å². The molecule has 1 heteroatoms. The number of nitrogens with one attached hydrogen (secondary N) is 1. The average molecular weight is 281 g/mol. The molecule has 1 N–H and O–H groups in total. The molecular formula is C20H27N. The summed E-state index contributed by atoms with van der Waals surface area (Å²) in [5.41, 5.74) is 6.98. The molecule has 0 aromatic heterocycles. The highest BCUT2D eigenvalue weighted by Gasteiger charge is 2.18. The lowest BCUT2D eigenvalue weighted by atomic mass is 9.85. The Labute approximate surface area is 129 Å². The Morgan fingerprint density at radius 1 is 0.857 bits per heavy atom. The monoisotopic (exact) mass is 281 g/mol. The summed E-state index contributed by atoms with van der Waals surface area (Å²) in [6, 6.07) is 15.8. The molecule has 21 heavy (non-hydrogen) atoms. The van der Waals surface area contributed by atoms with Crippen LogP contribution in [0.5, 0.6) is 0 Å². The molecule has 112 valence electrons. The summed E-state index contributed by atoms with van der Waals surface area (Å²) in [6.07, 6.45) is 0. The second kappa shape index (κ2) is 6.03. The quantitative estimate of drug-likeness (QED) is 0.843. The first-order valence-corrected chi connectivity index (χ1v) is 7.68. The van der Waals surface area contributed by atoms with Crippen LogP contribution in [0.3, 0.4) is 0 Å². The van der Waals surface area contributed by atoms with Gasteiger partial charge in [0, 0.05) is 0 Å². The summed E-state index contributed by atoms with van der Waals surface area (Å²) in [4.78, 5) is 0. The van der Waals surface area contributed by atoms with Crippen molar-refractivity contribution in [2.75, 3.05) is 7.05 Å². The molecule has 0 aliphatic carbocycles. The molecule has 2 aromatic carbocycles. The van der Waals surface area contributed by atoms with Crippen molar-refractivity contribution in [3.63, 3.8) is 0 Å². The van der Waals surface area contributed by atoms with Gasteiger partial charge in [0.2, 0.25) is 0 Å². The summed E-state index contributed by atoms with van der Waals surface area (Å²) in [6.45, 7) is 11.1. The van der Waals surface area contributed by atoms with Crippen LogP contribution < -0.4 is 5.32 Å². The van der Waals surface area contributed by atoms with E-state index < -0.39 is 0 Å². The predicted octanol–water partition coefficient (Wildman–Crippen LogP) is 4.91. The van der Waals surface area contributed by atoms with Crippen LogP contribution in [0.2, 0.25) is 0 Å². The summed E-state index contributed by atoms with van der Waals surface area (Å²) >= 11 is 0. The first-order chi connectivity index (χ1) is 9.84. The van der Waals surface area contributed by atoms with E-state index >= 15 is 0 Å². The smallest absolute Gasteiger partial charge is 0.0579 e. The van der Waals surface area contributed by atoms with Crippen molar-refractivity contribution < 1.29 is 0 Å². The zero-order valence-corrected chi connectivity index (χ0v) is 14.1. The Kier molecular flexibility index (Phi) is 4.53. The zero-order chi connectivity index (χ0) is 15.6. The molecule has 0 aliphatic rings. The van der Waals surface area contributed by atoms with Gasteiger partial charge in [0.1, 0.15) is 0 Å². The first kappa shape index (κ1) is 15.8. The van der Waals surface area contributed by atoms with Crippen LogP contribution in [0.4, 0.5) is 0 Å². The van der Waals surface area contributed by atoms with Gasteiger partial charge in [-0.05, 0) is 54.1 Å². The Hall–Kier alpha value is -1.60. The highest BCUT2D eigenvalue weighted by atomic mass is 14.9. The fourth-order valence-electron chi connectivity index (χ4n) is 2.94. The molecule has 0 saturated carbocycles. The van der Waals surface area contributed by atoms with Crippen molar-refractivity contribution in [3.8, 4) is 0 Å². The van der Waals surface area contributed by atoms with Gasteiger partial charge in [0.05, 0.1) is 6.04 Å². The van der Waals surface area contributed by atoms with Gasteiger partial charge in [-0.15, -0.1) is 0 Å². The number of rotatable bonds is 3. The number of hydrogen-bond donors (Lipinski definition) is 1. The minimum atomic E-state index is 0.201. The highest BCUT2D eigenvalue weighted by Crippen LogP contribution is 2.29. The van der Waals surface area contributed by atoms with E-state index in [1.54, 1.807) is 0 Å². The van der Waals surface area contributed by atoms with Crippen LogP contribution >= 0.6 is 0 Å². The van der Waals surface area contributed by atoms with Gasteiger partial charge in [-0.3, -0.25) is 0 Å². The second-order valence-corrected chi connectivity index (χ2v) is 6.90. The topological polar surface area (TPSA) is 12.0 Å². The molecule has 2 rings (SSSR count). The van der Waals surface area contributed by atoms with Crippen LogP contribution in [0.25, 0.3) is 0 Å². The second-order valence-electron chi connectivity index (χ2n) is 6.90. The average Bonchev–Trinajstić information content (AvgIpc) is 2.42. The van der Waals surface area contributed by atoms with Crippen molar-refractivity contribution in [1.82, 2.24) is 5.32 Å². The lowest BCUT2D eigenvalue weighted by Gasteiger charge is -2.24. The molecule has 2 aromatic rings. The summed E-state index contributed by atoms with van der Waals surface area (Å²) in [5.74, 6) is 0. The van der Waals surface area contributed by atoms with Crippen LogP contribution in [0.1, 0.15) is 54.6 Å². The molecule has 0 fully saturated rings. The first-order valence-electron chi connectivity index (χ1n) is 7.68. The molecule has 0 bridgehead atoms. The van der Waals surface area contributed by atoms with Crippen LogP contribution in [0, 0.1) is 13.8 Å². The normalized spacial score (nSPS) is 13.2. The van der Waals surface area contributed by atoms with Gasteiger partial charge < -0.3 is 5.32 Å². The molecule has 1 unspecified atom stereocenters. The molecule has 0 spiro atoms. The molecule has 0 saturated heterocycles. The number of benzene rings is 2. The third-order valence-corrected chi connectivity index (χ3v) is 4.23. The standard InChI is InChI=1S/C20H27N/c1-14-8-7-9-15(2)18(14)19(21-6)16-10-12-17(13-11-16)20(3,4)5/h7-13,19,21H,1-6H3. The fourth-order valence-corrected chi connectivity index (χ4v) is 2.94. The molecule has 0 heterocycles. The van der Waals surface area contributed by atoms with Crippen LogP contribution in [-0.2, 0) is 5.41 Å². The van der Waals surface area contributed by atoms with Gasteiger partial charge in [0.15, 0.2) is 0 Å². The largest absolute Gasteiger partial charge is 0.309 e. The Morgan fingerprint density at radius 2 is 1.38 bits per heavy atom. The van der Waals surface area contributed by atoms with E-state index in [0.717, 1.165) is 0 Å². The maximum atomic E-state index is 3.47. The van der Waals surface area contributed by atoms with E-state index in [-0.39, 0.29) is 11.5 Å². The Balaban J connectivity index is 2.43. The van der Waals surface area contributed by atoms with Crippen molar-refractivity contribution in [2.45, 2.75) is 46.1 Å². The molecule has 0 aliphatic heterocycles. The summed E-state index contributed by atoms with van der Waals surface area (Å²) in [7, 11) is 2.04. The lowest BCUT2D eigenvalue weighted by Crippen LogP contribution is -2.20. The summed E-state index contributed by atoms with van der Waals surface area (Å²) in [5, 5.41) is 3.47. The molecule has 1 atom stereocenters. The fraction of sp³-hybridized carbons (Fsp3) is 0.400. The van der Waals surface area contributed by atoms with Gasteiger partial charge in [-0.25, -0.2) is 0 Å². The van der Waals surface area contributed by atoms with E-state index in [1.165, 1.54) is 27.8 Å². The third-order valence-electron chi connectivity index (χ3n) is 4.23. The minimum Gasteiger partial charge on any atom is -0.309 e. The van der Waals surface area contributed by atoms with E-state index in [0.29, 0.717) is 0 Å². The van der Waals surface area contributed by atoms with Gasteiger partial charge >= 0.3 is 0 Å². The van der Waals surface area contributed by atoms with Gasteiger partial charge in [-0.2, -0.15) is 0 Å². The van der Waals surface area contributed by atoms with Crippen molar-refractivity contribution in [3.05, 3.63) is 70.3 Å². The molecule has 0 amide bonds.